The molecule has 0 saturated heterocycles. The van der Waals surface area contributed by atoms with Gasteiger partial charge in [0.2, 0.25) is 11.8 Å². The molecule has 0 aliphatic rings. The topological polar surface area (TPSA) is 71.5 Å². The number of nitrogens with one attached hydrogen (secondary N) is 1. The zero-order valence-corrected chi connectivity index (χ0v) is 17.1. The maximum atomic E-state index is 13.2. The molecular weight excluding hydrogens is 378 g/mol. The van der Waals surface area contributed by atoms with Crippen LogP contribution in [-0.4, -0.2) is 28.8 Å². The number of hydrogen-bond donors (Lipinski definition) is 1. The van der Waals surface area contributed by atoms with Crippen molar-refractivity contribution in [1.82, 2.24) is 15.2 Å². The second-order valence-electron chi connectivity index (χ2n) is 6.89. The number of carbonyl (C=O) groups is 2. The standard InChI is InChI=1S/C24H25N3O3/c1-18(28)27(17-19-10-12-22(30-2)13-11-19)23(21-8-4-3-5-9-21)24(29)26-16-20-7-6-14-25-15-20/h3-15,23H,16-17H2,1-2H3,(H,26,29). The summed E-state index contributed by atoms with van der Waals surface area (Å²) in [6.07, 6.45) is 3.39. The first kappa shape index (κ1) is 21.0. The monoisotopic (exact) mass is 403 g/mol. The molecule has 30 heavy (non-hydrogen) atoms. The largest absolute Gasteiger partial charge is 0.497 e. The third-order valence-corrected chi connectivity index (χ3v) is 4.78. The normalized spacial score (nSPS) is 11.4. The van der Waals surface area contributed by atoms with E-state index < -0.39 is 6.04 Å². The summed E-state index contributed by atoms with van der Waals surface area (Å²) in [7, 11) is 1.61. The summed E-state index contributed by atoms with van der Waals surface area (Å²) in [5.74, 6) is 0.312. The highest BCUT2D eigenvalue weighted by molar-refractivity contribution is 5.88. The Hall–Kier alpha value is -3.67. The molecular formula is C24H25N3O3. The van der Waals surface area contributed by atoms with Gasteiger partial charge in [-0.25, -0.2) is 0 Å². The van der Waals surface area contributed by atoms with Crippen LogP contribution in [0.5, 0.6) is 5.75 Å². The molecule has 0 aliphatic heterocycles. The first-order valence-corrected chi connectivity index (χ1v) is 9.70. The molecule has 0 saturated carbocycles. The van der Waals surface area contributed by atoms with E-state index in [1.165, 1.54) is 6.92 Å². The molecule has 6 heteroatoms. The van der Waals surface area contributed by atoms with E-state index in [0.717, 1.165) is 22.4 Å². The van der Waals surface area contributed by atoms with Crippen molar-refractivity contribution in [3.05, 3.63) is 95.8 Å². The van der Waals surface area contributed by atoms with Gasteiger partial charge in [-0.3, -0.25) is 14.6 Å². The van der Waals surface area contributed by atoms with Crippen molar-refractivity contribution < 1.29 is 14.3 Å². The minimum atomic E-state index is -0.748. The molecule has 0 spiro atoms. The van der Waals surface area contributed by atoms with Crippen LogP contribution in [0.3, 0.4) is 0 Å². The second-order valence-corrected chi connectivity index (χ2v) is 6.89. The maximum absolute atomic E-state index is 13.2. The molecule has 0 aliphatic carbocycles. The van der Waals surface area contributed by atoms with Crippen molar-refractivity contribution >= 4 is 11.8 Å². The van der Waals surface area contributed by atoms with Gasteiger partial charge in [0.1, 0.15) is 11.8 Å². The van der Waals surface area contributed by atoms with Crippen molar-refractivity contribution in [2.24, 2.45) is 0 Å². The van der Waals surface area contributed by atoms with E-state index >= 15 is 0 Å². The zero-order chi connectivity index (χ0) is 21.3. The van der Waals surface area contributed by atoms with Gasteiger partial charge < -0.3 is 15.0 Å². The summed E-state index contributed by atoms with van der Waals surface area (Å²) in [6.45, 7) is 2.12. The number of rotatable bonds is 8. The van der Waals surface area contributed by atoms with Crippen LogP contribution in [0.15, 0.2) is 79.1 Å². The van der Waals surface area contributed by atoms with Crippen LogP contribution < -0.4 is 10.1 Å². The number of hydrogen-bond acceptors (Lipinski definition) is 4. The van der Waals surface area contributed by atoms with Crippen LogP contribution in [0.25, 0.3) is 0 Å². The minimum Gasteiger partial charge on any atom is -0.497 e. The predicted molar refractivity (Wildman–Crippen MR) is 114 cm³/mol. The van der Waals surface area contributed by atoms with Gasteiger partial charge in [-0.1, -0.05) is 48.5 Å². The molecule has 0 fully saturated rings. The first-order chi connectivity index (χ1) is 14.6. The fourth-order valence-corrected chi connectivity index (χ4v) is 3.21. The lowest BCUT2D eigenvalue weighted by molar-refractivity contribution is -0.140. The highest BCUT2D eigenvalue weighted by Gasteiger charge is 2.29. The molecule has 3 rings (SSSR count). The molecule has 2 aromatic carbocycles. The SMILES string of the molecule is COc1ccc(CN(C(C)=O)C(C(=O)NCc2cccnc2)c2ccccc2)cc1. The molecule has 3 aromatic rings. The fourth-order valence-electron chi connectivity index (χ4n) is 3.21. The minimum absolute atomic E-state index is 0.184. The van der Waals surface area contributed by atoms with E-state index in [4.69, 9.17) is 4.74 Å². The summed E-state index contributed by atoms with van der Waals surface area (Å²) in [6, 6.07) is 19.8. The van der Waals surface area contributed by atoms with Gasteiger partial charge in [0, 0.05) is 32.4 Å². The van der Waals surface area contributed by atoms with Crippen LogP contribution in [0.4, 0.5) is 0 Å². The molecule has 2 amide bonds. The Morgan fingerprint density at radius 3 is 2.33 bits per heavy atom. The van der Waals surface area contributed by atoms with Crippen LogP contribution in [-0.2, 0) is 22.7 Å². The maximum Gasteiger partial charge on any atom is 0.247 e. The van der Waals surface area contributed by atoms with Crippen LogP contribution in [0, 0.1) is 0 Å². The third kappa shape index (κ3) is 5.44. The van der Waals surface area contributed by atoms with Gasteiger partial charge in [-0.2, -0.15) is 0 Å². The predicted octanol–water partition coefficient (Wildman–Crippen LogP) is 3.50. The lowest BCUT2D eigenvalue weighted by Crippen LogP contribution is -2.42. The Balaban J connectivity index is 1.86. The fraction of sp³-hybridized carbons (Fsp3) is 0.208. The lowest BCUT2D eigenvalue weighted by Gasteiger charge is -2.30. The Morgan fingerprint density at radius 2 is 1.73 bits per heavy atom. The Bertz CT molecular complexity index is 960. The quantitative estimate of drug-likeness (QED) is 0.625. The van der Waals surface area contributed by atoms with Gasteiger partial charge in [-0.05, 0) is 34.9 Å². The van der Waals surface area contributed by atoms with E-state index in [2.05, 4.69) is 10.3 Å². The number of nitrogens with zero attached hydrogens (tertiary/aromatic N) is 2. The van der Waals surface area contributed by atoms with Gasteiger partial charge in [0.25, 0.3) is 0 Å². The highest BCUT2D eigenvalue weighted by atomic mass is 16.5. The van der Waals surface area contributed by atoms with Crippen molar-refractivity contribution in [3.63, 3.8) is 0 Å². The number of ether oxygens (including phenoxy) is 1. The van der Waals surface area contributed by atoms with Crippen molar-refractivity contribution in [2.75, 3.05) is 7.11 Å². The number of amides is 2. The summed E-state index contributed by atoms with van der Waals surface area (Å²) in [4.78, 5) is 31.4. The molecule has 0 bridgehead atoms. The van der Waals surface area contributed by atoms with Gasteiger partial charge in [0.15, 0.2) is 0 Å². The number of benzene rings is 2. The van der Waals surface area contributed by atoms with E-state index in [9.17, 15) is 9.59 Å². The van der Waals surface area contributed by atoms with Crippen LogP contribution in [0.1, 0.15) is 29.7 Å². The second kappa shape index (κ2) is 10.2. The number of pyridine rings is 1. The summed E-state index contributed by atoms with van der Waals surface area (Å²) < 4.78 is 5.20. The molecule has 1 aromatic heterocycles. The first-order valence-electron chi connectivity index (χ1n) is 9.70. The van der Waals surface area contributed by atoms with E-state index in [0.29, 0.717) is 13.1 Å². The van der Waals surface area contributed by atoms with Crippen molar-refractivity contribution in [1.29, 1.82) is 0 Å². The summed E-state index contributed by atoms with van der Waals surface area (Å²) in [5.41, 5.74) is 2.55. The van der Waals surface area contributed by atoms with E-state index in [1.54, 1.807) is 24.4 Å². The number of methoxy groups -OCH3 is 1. The van der Waals surface area contributed by atoms with Gasteiger partial charge in [0.05, 0.1) is 7.11 Å². The summed E-state index contributed by atoms with van der Waals surface area (Å²) >= 11 is 0. The Labute approximate surface area is 176 Å². The molecule has 1 N–H and O–H groups in total. The molecule has 1 atom stereocenters. The number of aromatic nitrogens is 1. The van der Waals surface area contributed by atoms with E-state index in [1.807, 2.05) is 66.7 Å². The van der Waals surface area contributed by atoms with Crippen molar-refractivity contribution in [3.8, 4) is 5.75 Å². The molecule has 1 heterocycles. The molecule has 1 unspecified atom stereocenters. The Kier molecular flexibility index (Phi) is 7.16. The van der Waals surface area contributed by atoms with E-state index in [-0.39, 0.29) is 11.8 Å². The Morgan fingerprint density at radius 1 is 1.00 bits per heavy atom. The summed E-state index contributed by atoms with van der Waals surface area (Å²) in [5, 5.41) is 2.94. The van der Waals surface area contributed by atoms with Gasteiger partial charge >= 0.3 is 0 Å². The van der Waals surface area contributed by atoms with Crippen LogP contribution in [0.2, 0.25) is 0 Å². The average Bonchev–Trinajstić information content (AvgIpc) is 2.79. The molecule has 0 radical (unpaired) electrons. The smallest absolute Gasteiger partial charge is 0.247 e. The zero-order valence-electron chi connectivity index (χ0n) is 17.1. The number of carbonyl (C=O) groups excluding carboxylic acids is 2. The van der Waals surface area contributed by atoms with Crippen molar-refractivity contribution in [2.45, 2.75) is 26.1 Å². The average molecular weight is 403 g/mol. The third-order valence-electron chi connectivity index (χ3n) is 4.78. The van der Waals surface area contributed by atoms with Crippen LogP contribution >= 0.6 is 0 Å². The molecule has 6 nitrogen and oxygen atoms in total. The highest BCUT2D eigenvalue weighted by Crippen LogP contribution is 2.24. The molecule has 154 valence electrons. The lowest BCUT2D eigenvalue weighted by atomic mass is 10.0. The van der Waals surface area contributed by atoms with Gasteiger partial charge in [-0.15, -0.1) is 0 Å².